The first-order valence-corrected chi connectivity index (χ1v) is 29.4. The molecule has 2 aliphatic heterocycles. The van der Waals surface area contributed by atoms with Crippen LogP contribution in [-0.2, 0) is 36.1 Å². The molecule has 7 aromatic rings. The van der Waals surface area contributed by atoms with Gasteiger partial charge in [0.2, 0.25) is 31.9 Å². The summed E-state index contributed by atoms with van der Waals surface area (Å²) in [5.74, 6) is 0.584. The van der Waals surface area contributed by atoms with Crippen molar-refractivity contribution in [3.63, 3.8) is 0 Å². The Morgan fingerprint density at radius 2 is 0.973 bits per heavy atom. The number of carbonyl (C=O) groups is 2. The molecular weight excluding hydrogens is 993 g/mol. The average Bonchev–Trinajstić information content (AvgIpc) is 4.17. The topological polar surface area (TPSA) is 158 Å². The largest absolute Gasteiger partial charge is 0.347 e. The highest BCUT2D eigenvalue weighted by molar-refractivity contribution is 8.02. The quantitative estimate of drug-likeness (QED) is 0.0667. The summed E-state index contributed by atoms with van der Waals surface area (Å²) in [5, 5.41) is 8.06. The minimum Gasteiger partial charge on any atom is -0.347 e. The number of amides is 2. The molecule has 6 aromatic carbocycles. The van der Waals surface area contributed by atoms with E-state index in [9.17, 15) is 26.4 Å². The zero-order valence-corrected chi connectivity index (χ0v) is 43.8. The summed E-state index contributed by atoms with van der Waals surface area (Å²) in [6.45, 7) is 4.11. The molecule has 0 saturated carbocycles. The molecule has 1 aromatic heterocycles. The molecule has 73 heavy (non-hydrogen) atoms. The molecule has 0 aliphatic carbocycles. The average molecular weight is 1050 g/mol. The molecule has 2 aliphatic rings. The van der Waals surface area contributed by atoms with Crippen molar-refractivity contribution in [1.82, 2.24) is 29.5 Å². The van der Waals surface area contributed by atoms with Crippen molar-refractivity contribution < 1.29 is 26.4 Å². The molecule has 12 nitrogen and oxygen atoms in total. The number of thioether (sulfide) groups is 2. The standard InChI is InChI=1S/C32H34N4O3S2.C25H26N2O3S2/c37-31(35-30(28-11-5-2-6-12-28)18-21-33-20-17-25-8-7-19-34-24-25)32-36(22-23-40-32)41(38,39)29-15-13-27(14-16-29)26-9-3-1-4-10-26;1-2-23(21-11-7-4-8-12-21)26-24(28)25-27(17-18-31-25)32(29,30)22-15-13-20(14-16-22)19-9-5-3-6-10-19/h1-16,19,24,30,32-33H,17-18,20-23H2,(H,35,37);3-16,23,25H,2,17-18H2,1H3,(H,26,28). The van der Waals surface area contributed by atoms with E-state index in [2.05, 4.69) is 27.0 Å². The second kappa shape index (κ2) is 25.7. The predicted octanol–water partition coefficient (Wildman–Crippen LogP) is 9.58. The van der Waals surface area contributed by atoms with E-state index in [0.717, 1.165) is 52.8 Å². The molecule has 0 radical (unpaired) electrons. The number of hydrogen-bond donors (Lipinski definition) is 3. The lowest BCUT2D eigenvalue weighted by molar-refractivity contribution is -0.123. The first-order valence-electron chi connectivity index (χ1n) is 24.4. The van der Waals surface area contributed by atoms with E-state index in [1.54, 1.807) is 30.5 Å². The summed E-state index contributed by atoms with van der Waals surface area (Å²) in [6.07, 6.45) is 5.90. The van der Waals surface area contributed by atoms with Crippen LogP contribution in [0.15, 0.2) is 204 Å². The number of benzene rings is 6. The molecule has 4 atom stereocenters. The molecule has 2 amide bonds. The lowest BCUT2D eigenvalue weighted by Gasteiger charge is -2.26. The summed E-state index contributed by atoms with van der Waals surface area (Å²) >= 11 is 2.72. The number of pyridine rings is 1. The molecule has 16 heteroatoms. The molecule has 0 bridgehead atoms. The highest BCUT2D eigenvalue weighted by atomic mass is 32.2. The van der Waals surface area contributed by atoms with Crippen molar-refractivity contribution in [1.29, 1.82) is 0 Å². The maximum Gasteiger partial charge on any atom is 0.249 e. The summed E-state index contributed by atoms with van der Waals surface area (Å²) in [4.78, 5) is 31.2. The summed E-state index contributed by atoms with van der Waals surface area (Å²) in [7, 11) is -7.64. The van der Waals surface area contributed by atoms with E-state index in [0.29, 0.717) is 31.0 Å². The predicted molar refractivity (Wildman–Crippen MR) is 294 cm³/mol. The van der Waals surface area contributed by atoms with Gasteiger partial charge in [0.15, 0.2) is 0 Å². The van der Waals surface area contributed by atoms with E-state index in [1.165, 1.54) is 37.7 Å². The fraction of sp³-hybridized carbons (Fsp3) is 0.246. The van der Waals surface area contributed by atoms with Gasteiger partial charge >= 0.3 is 0 Å². The molecule has 378 valence electrons. The Kier molecular flexibility index (Phi) is 18.7. The van der Waals surface area contributed by atoms with Crippen molar-refractivity contribution in [2.24, 2.45) is 0 Å². The van der Waals surface area contributed by atoms with E-state index in [1.807, 2.05) is 165 Å². The van der Waals surface area contributed by atoms with E-state index in [4.69, 9.17) is 0 Å². The third-order valence-electron chi connectivity index (χ3n) is 12.7. The van der Waals surface area contributed by atoms with Crippen LogP contribution >= 0.6 is 23.5 Å². The number of sulfonamides is 2. The van der Waals surface area contributed by atoms with E-state index in [-0.39, 0.29) is 40.2 Å². The maximum absolute atomic E-state index is 13.6. The minimum atomic E-state index is -3.85. The van der Waals surface area contributed by atoms with Gasteiger partial charge in [-0.15, -0.1) is 23.5 Å². The van der Waals surface area contributed by atoms with Crippen molar-refractivity contribution in [3.8, 4) is 22.3 Å². The zero-order valence-electron chi connectivity index (χ0n) is 40.6. The zero-order chi connectivity index (χ0) is 51.0. The van der Waals surface area contributed by atoms with Gasteiger partial charge in [0.1, 0.15) is 10.7 Å². The Hall–Kier alpha value is -6.11. The molecular formula is C57H60N6O6S4. The van der Waals surface area contributed by atoms with Gasteiger partial charge in [0, 0.05) is 37.0 Å². The molecule has 3 heterocycles. The van der Waals surface area contributed by atoms with Crippen molar-refractivity contribution in [2.45, 2.75) is 58.8 Å². The highest BCUT2D eigenvalue weighted by Crippen LogP contribution is 2.34. The maximum atomic E-state index is 13.6. The SMILES string of the molecule is CCC(NC(=O)C1SCCN1S(=O)(=O)c1ccc(-c2ccccc2)cc1)c1ccccc1.O=C(NC(CCNCCc1cccnc1)c1ccccc1)C1SCCN1S(=O)(=O)c1ccc(-c2ccccc2)cc1. The van der Waals surface area contributed by atoms with Crippen molar-refractivity contribution in [3.05, 3.63) is 211 Å². The number of aromatic nitrogens is 1. The van der Waals surface area contributed by atoms with Crippen LogP contribution in [0.5, 0.6) is 0 Å². The lowest BCUT2D eigenvalue weighted by Crippen LogP contribution is -2.46. The number of nitrogens with zero attached hydrogens (tertiary/aromatic N) is 3. The third-order valence-corrected chi connectivity index (χ3v) is 19.1. The van der Waals surface area contributed by atoms with Crippen LogP contribution in [0.3, 0.4) is 0 Å². The van der Waals surface area contributed by atoms with Crippen molar-refractivity contribution >= 4 is 55.4 Å². The minimum absolute atomic E-state index is 0.153. The van der Waals surface area contributed by atoms with Crippen LogP contribution in [0, 0.1) is 0 Å². The second-order valence-electron chi connectivity index (χ2n) is 17.5. The van der Waals surface area contributed by atoms with Crippen LogP contribution in [0.1, 0.15) is 48.5 Å². The summed E-state index contributed by atoms with van der Waals surface area (Å²) in [6, 6.07) is 56.5. The fourth-order valence-corrected chi connectivity index (χ4v) is 14.9. The lowest BCUT2D eigenvalue weighted by atomic mass is 10.0. The summed E-state index contributed by atoms with van der Waals surface area (Å²) < 4.78 is 56.6. The molecule has 2 fully saturated rings. The number of hydrogen-bond acceptors (Lipinski definition) is 10. The van der Waals surface area contributed by atoms with Crippen molar-refractivity contribution in [2.75, 3.05) is 37.7 Å². The number of carbonyl (C=O) groups excluding carboxylic acids is 2. The Labute approximate surface area is 438 Å². The van der Waals surface area contributed by atoms with Gasteiger partial charge in [-0.3, -0.25) is 14.6 Å². The summed E-state index contributed by atoms with van der Waals surface area (Å²) in [5.41, 5.74) is 7.10. The number of rotatable bonds is 19. The van der Waals surface area contributed by atoms with Gasteiger partial charge in [-0.2, -0.15) is 8.61 Å². The van der Waals surface area contributed by atoms with Crippen LogP contribution in [0.2, 0.25) is 0 Å². The van der Waals surface area contributed by atoms with Crippen LogP contribution in [-0.4, -0.2) is 90.7 Å². The monoisotopic (exact) mass is 1050 g/mol. The first kappa shape index (κ1) is 53.2. The van der Waals surface area contributed by atoms with Gasteiger partial charge in [-0.1, -0.05) is 159 Å². The van der Waals surface area contributed by atoms with Crippen LogP contribution in [0.4, 0.5) is 0 Å². The Balaban J connectivity index is 0.000000201. The second-order valence-corrected chi connectivity index (χ2v) is 23.6. The Bertz CT molecular complexity index is 3070. The first-order chi connectivity index (χ1) is 35.5. The third kappa shape index (κ3) is 13.7. The van der Waals surface area contributed by atoms with E-state index >= 15 is 0 Å². The van der Waals surface area contributed by atoms with Crippen LogP contribution < -0.4 is 16.0 Å². The van der Waals surface area contributed by atoms with Gasteiger partial charge in [-0.05, 0) is 102 Å². The number of nitrogens with one attached hydrogen (secondary N) is 3. The molecule has 9 rings (SSSR count). The normalized spacial score (nSPS) is 16.9. The molecule has 4 unspecified atom stereocenters. The highest BCUT2D eigenvalue weighted by Gasteiger charge is 2.42. The van der Waals surface area contributed by atoms with Crippen LogP contribution in [0.25, 0.3) is 22.3 Å². The Morgan fingerprint density at radius 3 is 1.41 bits per heavy atom. The smallest absolute Gasteiger partial charge is 0.249 e. The van der Waals surface area contributed by atoms with Gasteiger partial charge in [-0.25, -0.2) is 16.8 Å². The van der Waals surface area contributed by atoms with Gasteiger partial charge in [0.25, 0.3) is 0 Å². The molecule has 3 N–H and O–H groups in total. The molecule has 0 spiro atoms. The van der Waals surface area contributed by atoms with E-state index < -0.39 is 30.8 Å². The molecule has 2 saturated heterocycles. The van der Waals surface area contributed by atoms with Gasteiger partial charge < -0.3 is 16.0 Å². The Morgan fingerprint density at radius 1 is 0.548 bits per heavy atom. The van der Waals surface area contributed by atoms with Gasteiger partial charge in [0.05, 0.1) is 21.9 Å². The fourth-order valence-electron chi connectivity index (χ4n) is 8.74.